The van der Waals surface area contributed by atoms with E-state index in [-0.39, 0.29) is 42.5 Å². The highest BCUT2D eigenvalue weighted by molar-refractivity contribution is 7.91. The lowest BCUT2D eigenvalue weighted by Gasteiger charge is -2.21. The van der Waals surface area contributed by atoms with Gasteiger partial charge in [0.1, 0.15) is 0 Å². The monoisotopic (exact) mass is 219 g/mol. The van der Waals surface area contributed by atoms with E-state index in [2.05, 4.69) is 0 Å². The maximum absolute atomic E-state index is 11.4. The van der Waals surface area contributed by atoms with E-state index < -0.39 is 9.84 Å². The van der Waals surface area contributed by atoms with Crippen LogP contribution in [0.1, 0.15) is 6.42 Å². The Morgan fingerprint density at radius 3 is 2.79 bits per heavy atom. The molecule has 0 spiro atoms. The van der Waals surface area contributed by atoms with Gasteiger partial charge >= 0.3 is 0 Å². The molecule has 1 amide bonds. The van der Waals surface area contributed by atoms with E-state index in [9.17, 15) is 13.2 Å². The van der Waals surface area contributed by atoms with Gasteiger partial charge in [-0.15, -0.1) is 0 Å². The molecule has 0 bridgehead atoms. The normalized spacial score (nSPS) is 34.9. The first-order valence-electron chi connectivity index (χ1n) is 4.64. The fourth-order valence-electron chi connectivity index (χ4n) is 2.37. The zero-order valence-electron chi connectivity index (χ0n) is 7.72. The Morgan fingerprint density at radius 1 is 1.43 bits per heavy atom. The van der Waals surface area contributed by atoms with Crippen LogP contribution in [0.5, 0.6) is 0 Å². The van der Waals surface area contributed by atoms with Gasteiger partial charge in [-0.05, 0) is 0 Å². The van der Waals surface area contributed by atoms with Crippen molar-refractivity contribution in [3.8, 4) is 0 Å². The second kappa shape index (κ2) is 3.20. The number of carbonyl (C=O) groups excluding carboxylic acids is 1. The molecule has 2 fully saturated rings. The largest absolute Gasteiger partial charge is 0.395 e. The number of β-amino-alcohol motifs (C(OH)–C–C–N with tert-alkyl or cyclic N) is 1. The number of nitrogens with zero attached hydrogens (tertiary/aromatic N) is 1. The van der Waals surface area contributed by atoms with Crippen LogP contribution in [-0.2, 0) is 14.6 Å². The van der Waals surface area contributed by atoms with Crippen molar-refractivity contribution in [1.82, 2.24) is 4.90 Å². The van der Waals surface area contributed by atoms with Gasteiger partial charge < -0.3 is 10.0 Å². The second-order valence-electron chi connectivity index (χ2n) is 3.92. The predicted octanol–water partition coefficient (Wildman–Crippen LogP) is -1.38. The number of hydrogen-bond acceptors (Lipinski definition) is 4. The van der Waals surface area contributed by atoms with E-state index >= 15 is 0 Å². The third kappa shape index (κ3) is 1.52. The lowest BCUT2D eigenvalue weighted by Crippen LogP contribution is -2.38. The van der Waals surface area contributed by atoms with Gasteiger partial charge in [0, 0.05) is 24.9 Å². The second-order valence-corrected chi connectivity index (χ2v) is 6.07. The van der Waals surface area contributed by atoms with Crippen molar-refractivity contribution < 1.29 is 18.3 Å². The molecule has 80 valence electrons. The van der Waals surface area contributed by atoms with Crippen molar-refractivity contribution in [2.75, 3.05) is 24.7 Å². The van der Waals surface area contributed by atoms with Crippen LogP contribution in [0.15, 0.2) is 0 Å². The lowest BCUT2D eigenvalue weighted by molar-refractivity contribution is -0.129. The first-order valence-corrected chi connectivity index (χ1v) is 6.46. The Morgan fingerprint density at radius 2 is 2.14 bits per heavy atom. The Labute approximate surface area is 82.6 Å². The molecule has 0 radical (unpaired) electrons. The summed E-state index contributed by atoms with van der Waals surface area (Å²) < 4.78 is 22.6. The van der Waals surface area contributed by atoms with Crippen molar-refractivity contribution in [2.24, 2.45) is 5.92 Å². The van der Waals surface area contributed by atoms with Crippen LogP contribution in [0.25, 0.3) is 0 Å². The molecule has 2 atom stereocenters. The molecule has 2 unspecified atom stereocenters. The molecule has 0 aliphatic carbocycles. The summed E-state index contributed by atoms with van der Waals surface area (Å²) in [5, 5.41) is 8.75. The number of rotatable bonds is 2. The summed E-state index contributed by atoms with van der Waals surface area (Å²) in [5.74, 6) is 0.136. The average Bonchev–Trinajstić information content (AvgIpc) is 2.47. The molecule has 2 aliphatic rings. The Bertz CT molecular complexity index is 350. The van der Waals surface area contributed by atoms with E-state index in [0.29, 0.717) is 6.42 Å². The molecule has 2 saturated heterocycles. The summed E-state index contributed by atoms with van der Waals surface area (Å²) in [4.78, 5) is 12.9. The van der Waals surface area contributed by atoms with Crippen molar-refractivity contribution in [3.05, 3.63) is 0 Å². The molecule has 1 N–H and O–H groups in total. The first-order chi connectivity index (χ1) is 6.53. The molecule has 0 aromatic rings. The molecular formula is C8H13NO4S. The van der Waals surface area contributed by atoms with E-state index in [1.807, 2.05) is 0 Å². The third-order valence-electron chi connectivity index (χ3n) is 2.94. The highest BCUT2D eigenvalue weighted by atomic mass is 32.2. The van der Waals surface area contributed by atoms with E-state index in [0.717, 1.165) is 0 Å². The smallest absolute Gasteiger partial charge is 0.223 e. The molecule has 0 aromatic carbocycles. The number of sulfone groups is 1. The van der Waals surface area contributed by atoms with Crippen molar-refractivity contribution in [2.45, 2.75) is 12.5 Å². The summed E-state index contributed by atoms with van der Waals surface area (Å²) in [6.45, 7) is 0.157. The molecule has 14 heavy (non-hydrogen) atoms. The summed E-state index contributed by atoms with van der Waals surface area (Å²) in [6, 6.07) is -0.181. The van der Waals surface area contributed by atoms with Crippen LogP contribution in [0, 0.1) is 5.92 Å². The lowest BCUT2D eigenvalue weighted by atomic mass is 10.1. The van der Waals surface area contributed by atoms with Crippen molar-refractivity contribution >= 4 is 15.7 Å². The molecule has 0 aromatic heterocycles. The molecule has 6 heteroatoms. The van der Waals surface area contributed by atoms with Crippen LogP contribution >= 0.6 is 0 Å². The van der Waals surface area contributed by atoms with Gasteiger partial charge in [-0.3, -0.25) is 4.79 Å². The Hall–Kier alpha value is -0.620. The number of aliphatic hydroxyl groups excluding tert-OH is 1. The number of hydrogen-bond donors (Lipinski definition) is 1. The first kappa shape index (κ1) is 9.92. The maximum atomic E-state index is 11.4. The van der Waals surface area contributed by atoms with E-state index in [1.54, 1.807) is 0 Å². The summed E-state index contributed by atoms with van der Waals surface area (Å²) in [6.07, 6.45) is 0.323. The number of likely N-dealkylation sites (tertiary alicyclic amines) is 1. The minimum Gasteiger partial charge on any atom is -0.395 e. The van der Waals surface area contributed by atoms with Gasteiger partial charge in [-0.25, -0.2) is 8.42 Å². The minimum absolute atomic E-state index is 0.0241. The highest BCUT2D eigenvalue weighted by Gasteiger charge is 2.48. The van der Waals surface area contributed by atoms with Crippen LogP contribution in [0.2, 0.25) is 0 Å². The molecule has 5 nitrogen and oxygen atoms in total. The Kier molecular flexibility index (Phi) is 2.27. The van der Waals surface area contributed by atoms with Gasteiger partial charge in [0.05, 0.1) is 18.1 Å². The molecular weight excluding hydrogens is 206 g/mol. The zero-order valence-corrected chi connectivity index (χ0v) is 8.53. The van der Waals surface area contributed by atoms with Gasteiger partial charge in [-0.2, -0.15) is 0 Å². The average molecular weight is 219 g/mol. The number of aliphatic hydroxyl groups is 1. The zero-order chi connectivity index (χ0) is 10.3. The molecule has 2 heterocycles. The van der Waals surface area contributed by atoms with Crippen molar-refractivity contribution in [1.29, 1.82) is 0 Å². The van der Waals surface area contributed by atoms with Crippen molar-refractivity contribution in [3.63, 3.8) is 0 Å². The Balaban J connectivity index is 2.17. The SMILES string of the molecule is O=C1CC2CS(=O)(=O)CC2N1CCO. The summed E-state index contributed by atoms with van der Waals surface area (Å²) in [5.41, 5.74) is 0. The van der Waals surface area contributed by atoms with Crippen LogP contribution < -0.4 is 0 Å². The fourth-order valence-corrected chi connectivity index (χ4v) is 4.47. The van der Waals surface area contributed by atoms with Gasteiger partial charge in [0.25, 0.3) is 0 Å². The summed E-state index contributed by atoms with van der Waals surface area (Å²) >= 11 is 0. The number of amides is 1. The standard InChI is InChI=1S/C8H13NO4S/c10-2-1-9-7-5-14(12,13)4-6(7)3-8(9)11/h6-7,10H,1-5H2. The minimum atomic E-state index is -2.96. The highest BCUT2D eigenvalue weighted by Crippen LogP contribution is 2.33. The maximum Gasteiger partial charge on any atom is 0.223 e. The molecule has 0 saturated carbocycles. The topological polar surface area (TPSA) is 74.7 Å². The summed E-state index contributed by atoms with van der Waals surface area (Å²) in [7, 11) is -2.96. The van der Waals surface area contributed by atoms with Crippen LogP contribution in [-0.4, -0.2) is 55.0 Å². The number of fused-ring (bicyclic) bond motifs is 1. The third-order valence-corrected chi connectivity index (χ3v) is 4.72. The van der Waals surface area contributed by atoms with Crippen LogP contribution in [0.3, 0.4) is 0 Å². The van der Waals surface area contributed by atoms with Crippen LogP contribution in [0.4, 0.5) is 0 Å². The fraction of sp³-hybridized carbons (Fsp3) is 0.875. The quantitative estimate of drug-likeness (QED) is 0.621. The number of carbonyl (C=O) groups is 1. The molecule has 2 aliphatic heterocycles. The van der Waals surface area contributed by atoms with Gasteiger partial charge in [0.2, 0.25) is 5.91 Å². The predicted molar refractivity (Wildman–Crippen MR) is 49.3 cm³/mol. The van der Waals surface area contributed by atoms with E-state index in [1.165, 1.54) is 4.90 Å². The van der Waals surface area contributed by atoms with Gasteiger partial charge in [0.15, 0.2) is 9.84 Å². The van der Waals surface area contributed by atoms with Gasteiger partial charge in [-0.1, -0.05) is 0 Å². The molecule has 2 rings (SSSR count). The van der Waals surface area contributed by atoms with E-state index in [4.69, 9.17) is 5.11 Å².